The molecule has 1 aromatic carbocycles. The van der Waals surface area contributed by atoms with Crippen molar-refractivity contribution in [2.75, 3.05) is 23.4 Å². The summed E-state index contributed by atoms with van der Waals surface area (Å²) in [5, 5.41) is 22.2. The van der Waals surface area contributed by atoms with Crippen LogP contribution in [0.1, 0.15) is 69.9 Å². The quantitative estimate of drug-likeness (QED) is 0.305. The molecule has 0 radical (unpaired) electrons. The molecule has 1 unspecified atom stereocenters. The van der Waals surface area contributed by atoms with Crippen LogP contribution in [-0.4, -0.2) is 51.2 Å². The molecule has 236 valence electrons. The van der Waals surface area contributed by atoms with Gasteiger partial charge in [-0.05, 0) is 64.5 Å². The Morgan fingerprint density at radius 3 is 2.68 bits per heavy atom. The number of halogens is 3. The van der Waals surface area contributed by atoms with Crippen molar-refractivity contribution in [3.05, 3.63) is 65.6 Å². The summed E-state index contributed by atoms with van der Waals surface area (Å²) in [5.41, 5.74) is -3.23. The van der Waals surface area contributed by atoms with Crippen molar-refractivity contribution in [1.29, 1.82) is 0 Å². The maximum Gasteiger partial charge on any atom is 0.420 e. The lowest BCUT2D eigenvalue weighted by Gasteiger charge is -2.29. The van der Waals surface area contributed by atoms with E-state index in [2.05, 4.69) is 20.5 Å². The van der Waals surface area contributed by atoms with Gasteiger partial charge in [-0.3, -0.25) is 5.32 Å². The van der Waals surface area contributed by atoms with Crippen molar-refractivity contribution in [3.63, 3.8) is 0 Å². The topological polar surface area (TPSA) is 123 Å². The Morgan fingerprint density at radius 1 is 1.18 bits per heavy atom. The number of amides is 1. The molecule has 2 N–H and O–H groups in total. The highest BCUT2D eigenvalue weighted by molar-refractivity contribution is 5.90. The smallest absolute Gasteiger partial charge is 0.420 e. The number of aliphatic hydroxyl groups is 1. The summed E-state index contributed by atoms with van der Waals surface area (Å²) < 4.78 is 60.5. The minimum Gasteiger partial charge on any atom is -0.444 e. The second-order valence-corrected chi connectivity index (χ2v) is 12.0. The summed E-state index contributed by atoms with van der Waals surface area (Å²) in [6, 6.07) is 10.0. The van der Waals surface area contributed by atoms with Gasteiger partial charge in [-0.1, -0.05) is 42.5 Å². The minimum atomic E-state index is -4.78. The van der Waals surface area contributed by atoms with Crippen molar-refractivity contribution in [3.8, 4) is 11.6 Å². The first kappa shape index (κ1) is 31.5. The van der Waals surface area contributed by atoms with Crippen molar-refractivity contribution in [2.45, 2.75) is 82.9 Å². The number of allylic oxidation sites excluding steroid dienone is 1. The lowest BCUT2D eigenvalue weighted by Crippen LogP contribution is -2.33. The maximum absolute atomic E-state index is 14.5. The molecule has 2 aliphatic heterocycles. The van der Waals surface area contributed by atoms with Gasteiger partial charge >= 0.3 is 12.3 Å². The predicted molar refractivity (Wildman–Crippen MR) is 156 cm³/mol. The second kappa shape index (κ2) is 12.6. The van der Waals surface area contributed by atoms with E-state index in [1.807, 2.05) is 42.5 Å². The fraction of sp³-hybridized carbons (Fsp3) is 0.484. The Hall–Kier alpha value is -3.97. The SMILES string of the molecule is CC(C)(C)OC(=O)Nc1cc(C(F)(F)F)c2nc1-c1nnc(o1)C(O)(COCc1ccccc1)CCC=CC[C@@H]1CCCN21. The highest BCUT2D eigenvalue weighted by atomic mass is 19.4. The Balaban J connectivity index is 1.58. The number of aromatic nitrogens is 3. The number of hydrogen-bond acceptors (Lipinski definition) is 9. The van der Waals surface area contributed by atoms with E-state index in [1.54, 1.807) is 25.7 Å². The molecule has 5 rings (SSSR count). The standard InChI is InChI=1S/C31H36F3N5O5/c1-29(2,3)44-28(40)35-23-17-22(31(32,33)34)25-36-24(23)26-37-38-27(43-26)30(41,19-42-18-20-11-6-4-7-12-20)15-9-5-8-13-21-14-10-16-39(21)25/h4-8,11-12,17,21,41H,9-10,13-16,18-19H2,1-3H3,(H,35,40)/t21-,30?/m1/s1. The second-order valence-electron chi connectivity index (χ2n) is 12.0. The number of pyridine rings is 1. The van der Waals surface area contributed by atoms with Crippen LogP contribution in [-0.2, 0) is 27.9 Å². The van der Waals surface area contributed by atoms with Crippen molar-refractivity contribution < 1.29 is 37.0 Å². The molecule has 0 saturated carbocycles. The van der Waals surface area contributed by atoms with E-state index in [-0.39, 0.29) is 54.7 Å². The van der Waals surface area contributed by atoms with Crippen molar-refractivity contribution >= 4 is 17.6 Å². The molecular formula is C31H36F3N5O5. The van der Waals surface area contributed by atoms with Crippen LogP contribution in [0.3, 0.4) is 0 Å². The number of nitrogens with one attached hydrogen (secondary N) is 1. The molecule has 1 fully saturated rings. The number of carbonyl (C=O) groups is 1. The van der Waals surface area contributed by atoms with Gasteiger partial charge in [-0.15, -0.1) is 10.2 Å². The number of alkyl halides is 3. The summed E-state index contributed by atoms with van der Waals surface area (Å²) in [4.78, 5) is 18.8. The van der Waals surface area contributed by atoms with Crippen LogP contribution in [0.2, 0.25) is 0 Å². The van der Waals surface area contributed by atoms with Gasteiger partial charge in [0.15, 0.2) is 11.3 Å². The third kappa shape index (κ3) is 7.39. The number of benzene rings is 1. The van der Waals surface area contributed by atoms with Crippen LogP contribution >= 0.6 is 0 Å². The molecule has 1 saturated heterocycles. The Bertz CT molecular complexity index is 1490. The molecule has 0 spiro atoms. The fourth-order valence-corrected chi connectivity index (χ4v) is 5.32. The largest absolute Gasteiger partial charge is 0.444 e. The molecule has 2 atom stereocenters. The molecule has 2 aliphatic rings. The molecular weight excluding hydrogens is 579 g/mol. The van der Waals surface area contributed by atoms with Crippen LogP contribution in [0.15, 0.2) is 53.0 Å². The zero-order valence-electron chi connectivity index (χ0n) is 24.9. The number of fused-ring (bicyclic) bond motifs is 7. The maximum atomic E-state index is 14.5. The number of rotatable bonds is 5. The third-order valence-corrected chi connectivity index (χ3v) is 7.37. The lowest BCUT2D eigenvalue weighted by molar-refractivity contribution is -0.137. The fourth-order valence-electron chi connectivity index (χ4n) is 5.32. The summed E-state index contributed by atoms with van der Waals surface area (Å²) >= 11 is 0. The van der Waals surface area contributed by atoms with Gasteiger partial charge in [-0.2, -0.15) is 13.2 Å². The number of anilines is 2. The van der Waals surface area contributed by atoms with E-state index in [9.17, 15) is 23.1 Å². The first-order valence-electron chi connectivity index (χ1n) is 14.5. The Morgan fingerprint density at radius 2 is 1.95 bits per heavy atom. The zero-order valence-corrected chi connectivity index (χ0v) is 24.9. The molecule has 4 heterocycles. The molecule has 44 heavy (non-hydrogen) atoms. The summed E-state index contributed by atoms with van der Waals surface area (Å²) in [6.07, 6.45) is 0.508. The average Bonchev–Trinajstić information content (AvgIpc) is 3.62. The third-order valence-electron chi connectivity index (χ3n) is 7.37. The molecule has 0 aliphatic carbocycles. The molecule has 4 bridgehead atoms. The van der Waals surface area contributed by atoms with Gasteiger partial charge in [0.1, 0.15) is 17.0 Å². The monoisotopic (exact) mass is 615 g/mol. The summed E-state index contributed by atoms with van der Waals surface area (Å²) in [7, 11) is 0. The van der Waals surface area contributed by atoms with Crippen LogP contribution < -0.4 is 10.2 Å². The average molecular weight is 616 g/mol. The molecule has 3 aromatic rings. The van der Waals surface area contributed by atoms with E-state index in [1.165, 1.54) is 0 Å². The van der Waals surface area contributed by atoms with E-state index < -0.39 is 29.0 Å². The van der Waals surface area contributed by atoms with Crippen LogP contribution in [0.25, 0.3) is 11.6 Å². The van der Waals surface area contributed by atoms with Gasteiger partial charge in [0.25, 0.3) is 11.8 Å². The minimum absolute atomic E-state index is 0.177. The first-order valence-corrected chi connectivity index (χ1v) is 14.5. The highest BCUT2D eigenvalue weighted by Gasteiger charge is 2.41. The molecule has 10 nitrogen and oxygen atoms in total. The van der Waals surface area contributed by atoms with Crippen LogP contribution in [0, 0.1) is 0 Å². The Labute approximate surface area is 253 Å². The van der Waals surface area contributed by atoms with Gasteiger partial charge < -0.3 is 23.9 Å². The number of carbonyl (C=O) groups excluding carboxylic acids is 1. The van der Waals surface area contributed by atoms with Crippen molar-refractivity contribution in [1.82, 2.24) is 15.2 Å². The van der Waals surface area contributed by atoms with Gasteiger partial charge in [-0.25, -0.2) is 9.78 Å². The molecule has 13 heteroatoms. The van der Waals surface area contributed by atoms with Crippen molar-refractivity contribution in [2.24, 2.45) is 0 Å². The van der Waals surface area contributed by atoms with Crippen LogP contribution in [0.4, 0.5) is 29.5 Å². The first-order chi connectivity index (χ1) is 20.8. The Kier molecular flexibility index (Phi) is 8.98. The van der Waals surface area contributed by atoms with E-state index in [0.717, 1.165) is 11.6 Å². The number of nitrogens with zero attached hydrogens (tertiary/aromatic N) is 4. The normalized spacial score (nSPS) is 20.6. The van der Waals surface area contributed by atoms with E-state index in [4.69, 9.17) is 13.9 Å². The number of ether oxygens (including phenoxy) is 2. The molecule has 1 amide bonds. The van der Waals surface area contributed by atoms with E-state index >= 15 is 0 Å². The van der Waals surface area contributed by atoms with Gasteiger partial charge in [0.2, 0.25) is 0 Å². The van der Waals surface area contributed by atoms with Gasteiger partial charge in [0.05, 0.1) is 18.9 Å². The summed E-state index contributed by atoms with van der Waals surface area (Å²) in [6.45, 7) is 5.32. The van der Waals surface area contributed by atoms with Gasteiger partial charge in [0, 0.05) is 12.6 Å². The van der Waals surface area contributed by atoms with E-state index in [0.29, 0.717) is 32.2 Å². The summed E-state index contributed by atoms with van der Waals surface area (Å²) in [5.74, 6) is -0.751. The molecule has 2 aromatic heterocycles. The zero-order chi connectivity index (χ0) is 31.5. The highest BCUT2D eigenvalue weighted by Crippen LogP contribution is 2.43. The number of hydrogen-bond donors (Lipinski definition) is 2. The van der Waals surface area contributed by atoms with Crippen LogP contribution in [0.5, 0.6) is 0 Å². The lowest BCUT2D eigenvalue weighted by atomic mass is 9.98. The predicted octanol–water partition coefficient (Wildman–Crippen LogP) is 6.61.